The minimum atomic E-state index is -0.0786. The number of rotatable bonds is 2. The van der Waals surface area contributed by atoms with Crippen molar-refractivity contribution in [3.05, 3.63) is 56.8 Å². The van der Waals surface area contributed by atoms with Gasteiger partial charge in [0.05, 0.1) is 10.6 Å². The summed E-state index contributed by atoms with van der Waals surface area (Å²) in [4.78, 5) is 19.1. The van der Waals surface area contributed by atoms with Crippen LogP contribution in [0.4, 0.5) is 5.69 Å². The zero-order valence-corrected chi connectivity index (χ0v) is 15.4. The molecule has 2 heterocycles. The van der Waals surface area contributed by atoms with E-state index in [0.717, 1.165) is 5.69 Å². The molecule has 0 spiro atoms. The van der Waals surface area contributed by atoms with Crippen LogP contribution in [0.25, 0.3) is 6.08 Å². The predicted octanol–water partition coefficient (Wildman–Crippen LogP) is 4.89. The van der Waals surface area contributed by atoms with E-state index in [2.05, 4.69) is 34.8 Å². The van der Waals surface area contributed by atoms with Gasteiger partial charge in [-0.1, -0.05) is 6.07 Å². The lowest BCUT2D eigenvalue weighted by Gasteiger charge is -2.08. The number of halogens is 1. The average molecular weight is 391 g/mol. The van der Waals surface area contributed by atoms with Gasteiger partial charge in [0.2, 0.25) is 0 Å². The number of thioether (sulfide) groups is 1. The summed E-state index contributed by atoms with van der Waals surface area (Å²) >= 11 is 4.60. The van der Waals surface area contributed by atoms with Crippen LogP contribution in [0.2, 0.25) is 0 Å². The molecule has 23 heavy (non-hydrogen) atoms. The molecule has 2 aromatic rings. The van der Waals surface area contributed by atoms with Gasteiger partial charge in [0, 0.05) is 13.1 Å². The minimum absolute atomic E-state index is 0.0786. The van der Waals surface area contributed by atoms with Gasteiger partial charge < -0.3 is 4.42 Å². The Morgan fingerprint density at radius 3 is 2.65 bits per heavy atom. The maximum atomic E-state index is 12.3. The normalized spacial score (nSPS) is 18.4. The summed E-state index contributed by atoms with van der Waals surface area (Å²) in [6, 6.07) is 9.62. The summed E-state index contributed by atoms with van der Waals surface area (Å²) < 4.78 is 6.06. The first-order valence-electron chi connectivity index (χ1n) is 7.03. The van der Waals surface area contributed by atoms with Crippen LogP contribution in [0, 0.1) is 13.8 Å². The Morgan fingerprint density at radius 1 is 1.22 bits per heavy atom. The number of aliphatic imine (C=N–C) groups is 1. The quantitative estimate of drug-likeness (QED) is 0.685. The molecular formula is C17H15BrN2O2S. The van der Waals surface area contributed by atoms with Gasteiger partial charge in [-0.15, -0.1) is 0 Å². The van der Waals surface area contributed by atoms with E-state index in [1.165, 1.54) is 22.9 Å². The van der Waals surface area contributed by atoms with Gasteiger partial charge in [0.15, 0.2) is 9.84 Å². The van der Waals surface area contributed by atoms with E-state index in [4.69, 9.17) is 4.42 Å². The molecule has 6 heteroatoms. The van der Waals surface area contributed by atoms with E-state index < -0.39 is 0 Å². The topological polar surface area (TPSA) is 45.8 Å². The summed E-state index contributed by atoms with van der Waals surface area (Å²) in [7, 11) is 1.73. The molecule has 0 radical (unpaired) electrons. The van der Waals surface area contributed by atoms with E-state index in [9.17, 15) is 4.79 Å². The van der Waals surface area contributed by atoms with Crippen molar-refractivity contribution in [2.75, 3.05) is 7.05 Å². The average Bonchev–Trinajstić information content (AvgIpc) is 3.03. The highest BCUT2D eigenvalue weighted by molar-refractivity contribution is 9.10. The number of furan rings is 1. The number of benzene rings is 1. The van der Waals surface area contributed by atoms with Gasteiger partial charge in [-0.2, -0.15) is 0 Å². The lowest BCUT2D eigenvalue weighted by atomic mass is 10.1. The molecule has 0 N–H and O–H groups in total. The number of hydrogen-bond acceptors (Lipinski definition) is 4. The maximum Gasteiger partial charge on any atom is 0.266 e. The van der Waals surface area contributed by atoms with Crippen LogP contribution in [0.5, 0.6) is 0 Å². The van der Waals surface area contributed by atoms with Crippen molar-refractivity contribution >= 4 is 50.5 Å². The number of amides is 1. The van der Waals surface area contributed by atoms with Gasteiger partial charge in [0.25, 0.3) is 5.91 Å². The first kappa shape index (κ1) is 16.1. The Labute approximate surface area is 147 Å². The smallest absolute Gasteiger partial charge is 0.266 e. The lowest BCUT2D eigenvalue weighted by molar-refractivity contribution is -0.121. The SMILES string of the molecule is Cc1ccc(N=C2S/C(=C/c3ccc(Br)o3)C(=O)N2C)cc1C. The number of aryl methyl sites for hydroxylation is 2. The predicted molar refractivity (Wildman–Crippen MR) is 97.8 cm³/mol. The van der Waals surface area contributed by atoms with Gasteiger partial charge in [-0.25, -0.2) is 4.99 Å². The molecule has 0 atom stereocenters. The van der Waals surface area contributed by atoms with Gasteiger partial charge in [0.1, 0.15) is 5.76 Å². The van der Waals surface area contributed by atoms with E-state index in [1.54, 1.807) is 24.1 Å². The van der Waals surface area contributed by atoms with Crippen molar-refractivity contribution in [2.45, 2.75) is 13.8 Å². The van der Waals surface area contributed by atoms with E-state index >= 15 is 0 Å². The molecule has 1 aliphatic heterocycles. The van der Waals surface area contributed by atoms with Gasteiger partial charge >= 0.3 is 0 Å². The summed E-state index contributed by atoms with van der Waals surface area (Å²) in [5.41, 5.74) is 3.25. The molecule has 0 saturated carbocycles. The molecule has 1 aliphatic rings. The Balaban J connectivity index is 1.90. The van der Waals surface area contributed by atoms with Crippen molar-refractivity contribution in [3.63, 3.8) is 0 Å². The number of hydrogen-bond donors (Lipinski definition) is 0. The number of carbonyl (C=O) groups excluding carboxylic acids is 1. The molecule has 1 aromatic heterocycles. The molecule has 1 saturated heterocycles. The molecular weight excluding hydrogens is 376 g/mol. The Bertz CT molecular complexity index is 839. The fraction of sp³-hybridized carbons (Fsp3) is 0.176. The lowest BCUT2D eigenvalue weighted by Crippen LogP contribution is -2.23. The third-order valence-corrected chi connectivity index (χ3v) is 5.07. The molecule has 0 aliphatic carbocycles. The molecule has 3 rings (SSSR count). The number of nitrogens with zero attached hydrogens (tertiary/aromatic N) is 2. The van der Waals surface area contributed by atoms with Crippen LogP contribution in [-0.2, 0) is 4.79 Å². The van der Waals surface area contributed by atoms with Gasteiger partial charge in [-0.3, -0.25) is 9.69 Å². The van der Waals surface area contributed by atoms with Crippen LogP contribution in [-0.4, -0.2) is 23.0 Å². The Kier molecular flexibility index (Phi) is 4.46. The number of amidine groups is 1. The molecule has 4 nitrogen and oxygen atoms in total. The second-order valence-electron chi connectivity index (χ2n) is 5.28. The largest absolute Gasteiger partial charge is 0.450 e. The molecule has 0 unspecified atom stereocenters. The zero-order chi connectivity index (χ0) is 16.6. The third-order valence-electron chi connectivity index (χ3n) is 3.59. The first-order valence-corrected chi connectivity index (χ1v) is 8.64. The van der Waals surface area contributed by atoms with Crippen LogP contribution in [0.3, 0.4) is 0 Å². The summed E-state index contributed by atoms with van der Waals surface area (Å²) in [5, 5.41) is 0.662. The first-order chi connectivity index (χ1) is 10.9. The molecule has 1 aromatic carbocycles. The highest BCUT2D eigenvalue weighted by Gasteiger charge is 2.30. The molecule has 1 amide bonds. The van der Waals surface area contributed by atoms with Crippen molar-refractivity contribution in [2.24, 2.45) is 4.99 Å². The van der Waals surface area contributed by atoms with E-state index in [-0.39, 0.29) is 5.91 Å². The molecule has 118 valence electrons. The molecule has 0 bridgehead atoms. The standard InChI is InChI=1S/C17H15BrN2O2S/c1-10-4-5-12(8-11(10)2)19-17-20(3)16(21)14(23-17)9-13-6-7-15(18)22-13/h4-9H,1-3H3/b14-9+,19-17?. The summed E-state index contributed by atoms with van der Waals surface area (Å²) in [6.45, 7) is 4.12. The van der Waals surface area contributed by atoms with E-state index in [1.807, 2.05) is 24.3 Å². The highest BCUT2D eigenvalue weighted by atomic mass is 79.9. The van der Waals surface area contributed by atoms with Crippen molar-refractivity contribution in [3.8, 4) is 0 Å². The van der Waals surface area contributed by atoms with Crippen LogP contribution < -0.4 is 0 Å². The Morgan fingerprint density at radius 2 is 2.00 bits per heavy atom. The van der Waals surface area contributed by atoms with E-state index in [0.29, 0.717) is 20.5 Å². The Hall–Kier alpha value is -1.79. The number of likely N-dealkylation sites (N-methyl/N-ethyl adjacent to an activating group) is 1. The monoisotopic (exact) mass is 390 g/mol. The van der Waals surface area contributed by atoms with Crippen LogP contribution >= 0.6 is 27.7 Å². The second-order valence-corrected chi connectivity index (χ2v) is 7.07. The van der Waals surface area contributed by atoms with Crippen molar-refractivity contribution in [1.82, 2.24) is 4.90 Å². The molecule has 1 fully saturated rings. The van der Waals surface area contributed by atoms with Crippen LogP contribution in [0.1, 0.15) is 16.9 Å². The third kappa shape index (κ3) is 3.43. The minimum Gasteiger partial charge on any atom is -0.450 e. The van der Waals surface area contributed by atoms with Gasteiger partial charge in [-0.05, 0) is 76.9 Å². The highest BCUT2D eigenvalue weighted by Crippen LogP contribution is 2.33. The fourth-order valence-corrected chi connectivity index (χ4v) is 3.38. The van der Waals surface area contributed by atoms with Crippen LogP contribution in [0.15, 0.2) is 49.3 Å². The summed E-state index contributed by atoms with van der Waals surface area (Å²) in [5.74, 6) is 0.554. The second kappa shape index (κ2) is 6.37. The fourth-order valence-electron chi connectivity index (χ4n) is 2.09. The van der Waals surface area contributed by atoms with Crippen molar-refractivity contribution < 1.29 is 9.21 Å². The summed E-state index contributed by atoms with van der Waals surface area (Å²) in [6.07, 6.45) is 1.73. The van der Waals surface area contributed by atoms with Crippen molar-refractivity contribution in [1.29, 1.82) is 0 Å². The number of carbonyl (C=O) groups is 1. The zero-order valence-electron chi connectivity index (χ0n) is 13.0. The maximum absolute atomic E-state index is 12.3.